The third-order valence-corrected chi connectivity index (χ3v) is 9.52. The number of rotatable bonds is 12. The van der Waals surface area contributed by atoms with Gasteiger partial charge in [-0.3, -0.25) is 13.9 Å². The van der Waals surface area contributed by atoms with Crippen molar-refractivity contribution >= 4 is 50.7 Å². The maximum atomic E-state index is 14.5. The fourth-order valence-electron chi connectivity index (χ4n) is 4.82. The summed E-state index contributed by atoms with van der Waals surface area (Å²) >= 11 is 12.6. The summed E-state index contributed by atoms with van der Waals surface area (Å²) in [7, 11) is -4.22. The third-order valence-electron chi connectivity index (χ3n) is 7.09. The predicted molar refractivity (Wildman–Crippen MR) is 176 cm³/mol. The van der Waals surface area contributed by atoms with Crippen molar-refractivity contribution in [2.75, 3.05) is 10.8 Å². The summed E-state index contributed by atoms with van der Waals surface area (Å²) in [5, 5.41) is 3.84. The molecule has 0 bridgehead atoms. The van der Waals surface area contributed by atoms with Crippen LogP contribution < -0.4 is 9.62 Å². The molecule has 0 spiro atoms. The third kappa shape index (κ3) is 8.20. The lowest BCUT2D eigenvalue weighted by Crippen LogP contribution is -2.54. The van der Waals surface area contributed by atoms with Gasteiger partial charge < -0.3 is 10.2 Å². The molecule has 0 radical (unpaired) electrons. The summed E-state index contributed by atoms with van der Waals surface area (Å²) in [6.45, 7) is 4.88. The van der Waals surface area contributed by atoms with E-state index in [-0.39, 0.29) is 35.5 Å². The van der Waals surface area contributed by atoms with Gasteiger partial charge in [-0.2, -0.15) is 0 Å². The lowest BCUT2D eigenvalue weighted by Gasteiger charge is -2.34. The van der Waals surface area contributed by atoms with Crippen LogP contribution >= 0.6 is 23.2 Å². The van der Waals surface area contributed by atoms with Gasteiger partial charge in [0.05, 0.1) is 10.6 Å². The van der Waals surface area contributed by atoms with E-state index in [2.05, 4.69) is 5.32 Å². The Morgan fingerprint density at radius 3 is 2.02 bits per heavy atom. The largest absolute Gasteiger partial charge is 0.352 e. The van der Waals surface area contributed by atoms with Crippen molar-refractivity contribution in [2.24, 2.45) is 0 Å². The fourth-order valence-corrected chi connectivity index (χ4v) is 6.61. The van der Waals surface area contributed by atoms with Crippen molar-refractivity contribution in [3.05, 3.63) is 130 Å². The molecule has 1 N–H and O–H groups in total. The Hall–Kier alpha value is -3.85. The molecule has 0 aromatic heterocycles. The molecular weight excluding hydrogens is 617 g/mol. The van der Waals surface area contributed by atoms with E-state index < -0.39 is 28.5 Å². The molecule has 0 fully saturated rings. The van der Waals surface area contributed by atoms with E-state index in [1.54, 1.807) is 67.6 Å². The van der Waals surface area contributed by atoms with Crippen LogP contribution in [0, 0.1) is 6.92 Å². The van der Waals surface area contributed by atoms with Gasteiger partial charge in [0.15, 0.2) is 0 Å². The number of sulfonamides is 1. The van der Waals surface area contributed by atoms with Gasteiger partial charge in [-0.15, -0.1) is 0 Å². The highest BCUT2D eigenvalue weighted by molar-refractivity contribution is 7.92. The maximum absolute atomic E-state index is 14.5. The molecule has 0 heterocycles. The van der Waals surface area contributed by atoms with Crippen LogP contribution in [0.15, 0.2) is 108 Å². The monoisotopic (exact) mass is 651 g/mol. The highest BCUT2D eigenvalue weighted by Gasteiger charge is 2.35. The average molecular weight is 653 g/mol. The maximum Gasteiger partial charge on any atom is 0.264 e. The first-order valence-corrected chi connectivity index (χ1v) is 16.4. The molecule has 7 nitrogen and oxygen atoms in total. The van der Waals surface area contributed by atoms with Gasteiger partial charge in [0, 0.05) is 29.1 Å². The number of nitrogens with zero attached hydrogens (tertiary/aromatic N) is 2. The summed E-state index contributed by atoms with van der Waals surface area (Å²) < 4.78 is 29.3. The van der Waals surface area contributed by atoms with Crippen LogP contribution in [0.3, 0.4) is 0 Å². The Balaban J connectivity index is 1.82. The number of benzene rings is 4. The molecule has 4 rings (SSSR count). The Labute approximate surface area is 269 Å². The lowest BCUT2D eigenvalue weighted by atomic mass is 10.0. The van der Waals surface area contributed by atoms with E-state index in [9.17, 15) is 18.0 Å². The molecule has 0 aliphatic carbocycles. The fraction of sp³-hybridized carbons (Fsp3) is 0.235. The Morgan fingerprint density at radius 2 is 1.41 bits per heavy atom. The van der Waals surface area contributed by atoms with Crippen LogP contribution in [0.1, 0.15) is 30.5 Å². The van der Waals surface area contributed by atoms with Crippen LogP contribution in [0.2, 0.25) is 10.0 Å². The highest BCUT2D eigenvalue weighted by atomic mass is 35.5. The van der Waals surface area contributed by atoms with E-state index in [0.29, 0.717) is 15.6 Å². The number of anilines is 1. The average Bonchev–Trinajstić information content (AvgIpc) is 3.00. The molecule has 4 aromatic carbocycles. The smallest absolute Gasteiger partial charge is 0.264 e. The van der Waals surface area contributed by atoms with Crippen molar-refractivity contribution in [1.82, 2.24) is 10.2 Å². The number of hydrogen-bond acceptors (Lipinski definition) is 4. The Morgan fingerprint density at radius 1 is 0.795 bits per heavy atom. The van der Waals surface area contributed by atoms with Gasteiger partial charge in [-0.05, 0) is 73.9 Å². The van der Waals surface area contributed by atoms with E-state index in [1.165, 1.54) is 17.0 Å². The van der Waals surface area contributed by atoms with Gasteiger partial charge in [0.2, 0.25) is 11.8 Å². The minimum atomic E-state index is -4.22. The molecule has 4 aromatic rings. The second-order valence-electron chi connectivity index (χ2n) is 10.7. The molecule has 230 valence electrons. The van der Waals surface area contributed by atoms with E-state index in [4.69, 9.17) is 23.2 Å². The van der Waals surface area contributed by atoms with Crippen LogP contribution in [0.5, 0.6) is 0 Å². The van der Waals surface area contributed by atoms with Gasteiger partial charge in [0.1, 0.15) is 12.6 Å². The van der Waals surface area contributed by atoms with Crippen molar-refractivity contribution in [2.45, 2.75) is 50.7 Å². The van der Waals surface area contributed by atoms with Gasteiger partial charge in [-0.1, -0.05) is 89.9 Å². The van der Waals surface area contributed by atoms with Gasteiger partial charge >= 0.3 is 0 Å². The van der Waals surface area contributed by atoms with Gasteiger partial charge in [-0.25, -0.2) is 8.42 Å². The predicted octanol–water partition coefficient (Wildman–Crippen LogP) is 6.66. The number of halogens is 2. The van der Waals surface area contributed by atoms with Crippen LogP contribution in [-0.2, 0) is 32.6 Å². The summed E-state index contributed by atoms with van der Waals surface area (Å²) in [6.07, 6.45) is 0.223. The van der Waals surface area contributed by atoms with Crippen LogP contribution in [0.25, 0.3) is 0 Å². The Bertz CT molecular complexity index is 1680. The molecule has 1 atom stereocenters. The molecule has 10 heteroatoms. The van der Waals surface area contributed by atoms with Crippen molar-refractivity contribution in [1.29, 1.82) is 0 Å². The number of hydrogen-bond donors (Lipinski definition) is 1. The molecule has 0 unspecified atom stereocenters. The minimum absolute atomic E-state index is 0.0230. The van der Waals surface area contributed by atoms with Gasteiger partial charge in [0.25, 0.3) is 10.0 Å². The second kappa shape index (κ2) is 14.8. The molecule has 0 saturated carbocycles. The number of nitrogens with one attached hydrogen (secondary N) is 1. The normalized spacial score (nSPS) is 12.0. The summed E-state index contributed by atoms with van der Waals surface area (Å²) in [6, 6.07) is 28.1. The quantitative estimate of drug-likeness (QED) is 0.186. The van der Waals surface area contributed by atoms with E-state index >= 15 is 0 Å². The summed E-state index contributed by atoms with van der Waals surface area (Å²) in [4.78, 5) is 29.7. The zero-order valence-corrected chi connectivity index (χ0v) is 27.1. The minimum Gasteiger partial charge on any atom is -0.352 e. The van der Waals surface area contributed by atoms with E-state index in [0.717, 1.165) is 15.4 Å². The summed E-state index contributed by atoms with van der Waals surface area (Å²) in [5.74, 6) is -0.902. The molecule has 44 heavy (non-hydrogen) atoms. The standard InChI is InChI=1S/C34H35Cl2N3O4S/c1-24(2)37-34(41)32(21-26-11-6-4-7-12-26)38(22-27-17-19-28(35)20-18-27)33(40)23-39(31-16-10-15-30(36)25(31)3)44(42,43)29-13-8-5-9-14-29/h4-20,24,32H,21-23H2,1-3H3,(H,37,41)/t32-/m0/s1. The molecule has 0 aliphatic heterocycles. The van der Waals surface area contributed by atoms with Crippen molar-refractivity contribution < 1.29 is 18.0 Å². The lowest BCUT2D eigenvalue weighted by molar-refractivity contribution is -0.140. The van der Waals surface area contributed by atoms with Crippen LogP contribution in [-0.4, -0.2) is 43.8 Å². The van der Waals surface area contributed by atoms with Crippen molar-refractivity contribution in [3.63, 3.8) is 0 Å². The molecular formula is C34H35Cl2N3O4S. The zero-order valence-electron chi connectivity index (χ0n) is 24.8. The summed E-state index contributed by atoms with van der Waals surface area (Å²) in [5.41, 5.74) is 2.36. The van der Waals surface area contributed by atoms with Crippen molar-refractivity contribution in [3.8, 4) is 0 Å². The number of carbonyl (C=O) groups excluding carboxylic acids is 2. The topological polar surface area (TPSA) is 86.8 Å². The highest BCUT2D eigenvalue weighted by Crippen LogP contribution is 2.31. The Kier molecular flexibility index (Phi) is 11.1. The molecule has 2 amide bonds. The number of carbonyl (C=O) groups is 2. The first-order valence-electron chi connectivity index (χ1n) is 14.2. The first-order chi connectivity index (χ1) is 21.0. The zero-order chi connectivity index (χ0) is 31.9. The molecule has 0 saturated heterocycles. The molecule has 0 aliphatic rings. The second-order valence-corrected chi connectivity index (χ2v) is 13.4. The number of amides is 2. The van der Waals surface area contributed by atoms with Crippen LogP contribution in [0.4, 0.5) is 5.69 Å². The SMILES string of the molecule is Cc1c(Cl)cccc1N(CC(=O)N(Cc1ccc(Cl)cc1)[C@@H](Cc1ccccc1)C(=O)NC(C)C)S(=O)(=O)c1ccccc1. The van der Waals surface area contributed by atoms with E-state index in [1.807, 2.05) is 44.2 Å². The first kappa shape index (κ1) is 33.1.